The molecule has 3 rings (SSSR count). The Hall–Kier alpha value is -1.78. The van der Waals surface area contributed by atoms with Crippen LogP contribution < -0.4 is 5.32 Å². The molecular formula is C17H24N2O3. The Morgan fingerprint density at radius 1 is 1.41 bits per heavy atom. The van der Waals surface area contributed by atoms with Crippen molar-refractivity contribution < 1.29 is 14.0 Å². The van der Waals surface area contributed by atoms with Gasteiger partial charge in [-0.05, 0) is 49.7 Å². The standard InChI is InChI=1S/C17H24N2O3/c1-2-17(8-5-9-17)12-18-15(20)13-6-3-10-19(13)16(21)14-7-4-11-22-14/h4,7,11,13H,2-3,5-6,8-10,12H2,1H3,(H,18,20)/t13-/m0/s1. The number of amides is 2. The average molecular weight is 304 g/mol. The SMILES string of the molecule is CCC1(CNC(=O)[C@@H]2CCCN2C(=O)c2ccco2)CCC1. The number of nitrogens with one attached hydrogen (secondary N) is 1. The largest absolute Gasteiger partial charge is 0.459 e. The van der Waals surface area contributed by atoms with Crippen LogP contribution in [-0.4, -0.2) is 35.8 Å². The molecular weight excluding hydrogens is 280 g/mol. The highest BCUT2D eigenvalue weighted by atomic mass is 16.3. The number of carbonyl (C=O) groups is 2. The van der Waals surface area contributed by atoms with Gasteiger partial charge in [-0.1, -0.05) is 13.3 Å². The van der Waals surface area contributed by atoms with Gasteiger partial charge in [0.1, 0.15) is 6.04 Å². The molecule has 1 aromatic rings. The third-order valence-electron chi connectivity index (χ3n) is 5.35. The fraction of sp³-hybridized carbons (Fsp3) is 0.647. The summed E-state index contributed by atoms with van der Waals surface area (Å²) in [5, 5.41) is 3.09. The summed E-state index contributed by atoms with van der Waals surface area (Å²) in [5.41, 5.74) is 0.296. The van der Waals surface area contributed by atoms with Crippen LogP contribution in [-0.2, 0) is 4.79 Å². The van der Waals surface area contributed by atoms with Crippen LogP contribution in [0.3, 0.4) is 0 Å². The Balaban J connectivity index is 1.60. The van der Waals surface area contributed by atoms with Crippen molar-refractivity contribution in [3.8, 4) is 0 Å². The molecule has 2 aliphatic rings. The second kappa shape index (κ2) is 6.15. The number of furan rings is 1. The molecule has 0 bridgehead atoms. The fourth-order valence-electron chi connectivity index (χ4n) is 3.55. The van der Waals surface area contributed by atoms with E-state index in [0.717, 1.165) is 25.8 Å². The Bertz CT molecular complexity index is 529. The third kappa shape index (κ3) is 2.76. The molecule has 1 atom stereocenters. The molecule has 2 amide bonds. The number of likely N-dealkylation sites (tertiary alicyclic amines) is 1. The van der Waals surface area contributed by atoms with Gasteiger partial charge in [0.05, 0.1) is 6.26 Å². The molecule has 0 unspecified atom stereocenters. The lowest BCUT2D eigenvalue weighted by Crippen LogP contribution is -2.49. The zero-order valence-electron chi connectivity index (χ0n) is 13.1. The molecule has 1 N–H and O–H groups in total. The van der Waals surface area contributed by atoms with Crippen LogP contribution in [0.4, 0.5) is 0 Å². The Morgan fingerprint density at radius 2 is 2.23 bits per heavy atom. The second-order valence-electron chi connectivity index (χ2n) is 6.56. The smallest absolute Gasteiger partial charge is 0.290 e. The molecule has 0 spiro atoms. The van der Waals surface area contributed by atoms with Crippen molar-refractivity contribution in [1.29, 1.82) is 0 Å². The van der Waals surface area contributed by atoms with Crippen molar-refractivity contribution >= 4 is 11.8 Å². The third-order valence-corrected chi connectivity index (χ3v) is 5.35. The maximum absolute atomic E-state index is 12.5. The van der Waals surface area contributed by atoms with Gasteiger partial charge in [0.2, 0.25) is 5.91 Å². The van der Waals surface area contributed by atoms with E-state index in [9.17, 15) is 9.59 Å². The van der Waals surface area contributed by atoms with Crippen molar-refractivity contribution in [1.82, 2.24) is 10.2 Å². The van der Waals surface area contributed by atoms with E-state index in [2.05, 4.69) is 12.2 Å². The van der Waals surface area contributed by atoms with E-state index in [4.69, 9.17) is 4.42 Å². The van der Waals surface area contributed by atoms with Crippen LogP contribution in [0, 0.1) is 5.41 Å². The van der Waals surface area contributed by atoms with E-state index in [1.165, 1.54) is 25.5 Å². The van der Waals surface area contributed by atoms with Gasteiger partial charge in [0.25, 0.3) is 5.91 Å². The van der Waals surface area contributed by atoms with Crippen LogP contribution in [0.25, 0.3) is 0 Å². The number of carbonyl (C=O) groups excluding carboxylic acids is 2. The Labute approximate surface area is 131 Å². The van der Waals surface area contributed by atoms with Crippen LogP contribution >= 0.6 is 0 Å². The molecule has 5 heteroatoms. The number of rotatable bonds is 5. The van der Waals surface area contributed by atoms with Crippen molar-refractivity contribution in [3.63, 3.8) is 0 Å². The zero-order chi connectivity index (χ0) is 15.6. The topological polar surface area (TPSA) is 62.6 Å². The number of hydrogen-bond acceptors (Lipinski definition) is 3. The maximum atomic E-state index is 12.5. The van der Waals surface area contributed by atoms with Gasteiger partial charge in [0.15, 0.2) is 5.76 Å². The van der Waals surface area contributed by atoms with Crippen LogP contribution in [0.1, 0.15) is 56.0 Å². The molecule has 0 aromatic carbocycles. The van der Waals surface area contributed by atoms with Crippen LogP contribution in [0.2, 0.25) is 0 Å². The first-order valence-electron chi connectivity index (χ1n) is 8.27. The van der Waals surface area contributed by atoms with E-state index in [1.54, 1.807) is 17.0 Å². The van der Waals surface area contributed by atoms with E-state index < -0.39 is 0 Å². The van der Waals surface area contributed by atoms with Gasteiger partial charge in [-0.2, -0.15) is 0 Å². The molecule has 1 aliphatic carbocycles. The monoisotopic (exact) mass is 304 g/mol. The first kappa shape index (κ1) is 15.1. The summed E-state index contributed by atoms with van der Waals surface area (Å²) < 4.78 is 5.17. The fourth-order valence-corrected chi connectivity index (χ4v) is 3.55. The molecule has 2 fully saturated rings. The lowest BCUT2D eigenvalue weighted by molar-refractivity contribution is -0.125. The summed E-state index contributed by atoms with van der Waals surface area (Å²) in [4.78, 5) is 26.5. The van der Waals surface area contributed by atoms with Gasteiger partial charge < -0.3 is 14.6 Å². The minimum atomic E-state index is -0.355. The highest BCUT2D eigenvalue weighted by Crippen LogP contribution is 2.43. The zero-order valence-corrected chi connectivity index (χ0v) is 13.1. The van der Waals surface area contributed by atoms with Gasteiger partial charge in [-0.3, -0.25) is 9.59 Å². The Kier molecular flexibility index (Phi) is 4.23. The number of nitrogens with zero attached hydrogens (tertiary/aromatic N) is 1. The van der Waals surface area contributed by atoms with Gasteiger partial charge in [-0.15, -0.1) is 0 Å². The normalized spacial score (nSPS) is 23.1. The quantitative estimate of drug-likeness (QED) is 0.909. The predicted octanol–water partition coefficient (Wildman–Crippen LogP) is 2.58. The lowest BCUT2D eigenvalue weighted by Gasteiger charge is -2.41. The Morgan fingerprint density at radius 3 is 2.82 bits per heavy atom. The summed E-state index contributed by atoms with van der Waals surface area (Å²) >= 11 is 0. The van der Waals surface area contributed by atoms with Crippen molar-refractivity contribution in [3.05, 3.63) is 24.2 Å². The average Bonchev–Trinajstić information content (AvgIpc) is 3.17. The highest BCUT2D eigenvalue weighted by molar-refractivity contribution is 5.95. The summed E-state index contributed by atoms with van der Waals surface area (Å²) in [5.74, 6) is 0.109. The molecule has 1 aromatic heterocycles. The molecule has 0 radical (unpaired) electrons. The summed E-state index contributed by atoms with van der Waals surface area (Å²) in [6.45, 7) is 3.55. The summed E-state index contributed by atoms with van der Waals surface area (Å²) in [7, 11) is 0. The molecule has 1 aliphatic heterocycles. The molecule has 22 heavy (non-hydrogen) atoms. The van der Waals surface area contributed by atoms with Crippen molar-refractivity contribution in [2.75, 3.05) is 13.1 Å². The molecule has 1 saturated carbocycles. The maximum Gasteiger partial charge on any atom is 0.290 e. The van der Waals surface area contributed by atoms with E-state index in [0.29, 0.717) is 17.7 Å². The molecule has 5 nitrogen and oxygen atoms in total. The molecule has 2 heterocycles. The van der Waals surface area contributed by atoms with Crippen molar-refractivity contribution in [2.24, 2.45) is 5.41 Å². The minimum absolute atomic E-state index is 0.0165. The highest BCUT2D eigenvalue weighted by Gasteiger charge is 2.38. The van der Waals surface area contributed by atoms with E-state index in [-0.39, 0.29) is 17.9 Å². The lowest BCUT2D eigenvalue weighted by atomic mass is 9.67. The minimum Gasteiger partial charge on any atom is -0.459 e. The van der Waals surface area contributed by atoms with Gasteiger partial charge in [0, 0.05) is 13.1 Å². The first-order valence-corrected chi connectivity index (χ1v) is 8.27. The van der Waals surface area contributed by atoms with Gasteiger partial charge >= 0.3 is 0 Å². The predicted molar refractivity (Wildman–Crippen MR) is 82.4 cm³/mol. The van der Waals surface area contributed by atoms with Gasteiger partial charge in [-0.25, -0.2) is 0 Å². The summed E-state index contributed by atoms with van der Waals surface area (Å²) in [6, 6.07) is 2.99. The van der Waals surface area contributed by atoms with Crippen molar-refractivity contribution in [2.45, 2.75) is 51.5 Å². The van der Waals surface area contributed by atoms with E-state index in [1.807, 2.05) is 0 Å². The molecule has 120 valence electrons. The van der Waals surface area contributed by atoms with E-state index >= 15 is 0 Å². The second-order valence-corrected chi connectivity index (χ2v) is 6.56. The molecule has 1 saturated heterocycles. The first-order chi connectivity index (χ1) is 10.7. The van der Waals surface area contributed by atoms with Crippen LogP contribution in [0.15, 0.2) is 22.8 Å². The van der Waals surface area contributed by atoms with Crippen LogP contribution in [0.5, 0.6) is 0 Å². The summed E-state index contributed by atoms with van der Waals surface area (Å²) in [6.07, 6.45) is 7.84. The number of hydrogen-bond donors (Lipinski definition) is 1.